The van der Waals surface area contributed by atoms with E-state index in [0.29, 0.717) is 6.61 Å². The number of carbonyl (C=O) groups excluding carboxylic acids is 1. The lowest BCUT2D eigenvalue weighted by molar-refractivity contribution is -0.124. The predicted octanol–water partition coefficient (Wildman–Crippen LogP) is 2.86. The Kier molecular flexibility index (Phi) is 4.88. The van der Waals surface area contributed by atoms with Crippen molar-refractivity contribution in [2.75, 3.05) is 6.61 Å². The summed E-state index contributed by atoms with van der Waals surface area (Å²) >= 11 is 0. The molecule has 3 N–H and O–H groups in total. The van der Waals surface area contributed by atoms with Crippen LogP contribution in [0.5, 0.6) is 5.75 Å². The van der Waals surface area contributed by atoms with Gasteiger partial charge in [-0.05, 0) is 18.9 Å². The molecule has 1 aliphatic heterocycles. The largest absolute Gasteiger partial charge is 0.493 e. The number of carbonyl (C=O) groups is 1. The van der Waals surface area contributed by atoms with Gasteiger partial charge in [0.05, 0.1) is 12.6 Å². The molecule has 0 bridgehead atoms. The second-order valence-electron chi connectivity index (χ2n) is 6.10. The Balaban J connectivity index is 2.41. The number of hydrogen-bond acceptors (Lipinski definition) is 3. The predicted molar refractivity (Wildman–Crippen MR) is 84.3 cm³/mol. The van der Waals surface area contributed by atoms with Gasteiger partial charge in [-0.25, -0.2) is 0 Å². The summed E-state index contributed by atoms with van der Waals surface area (Å²) in [7, 11) is 0. The van der Waals surface area contributed by atoms with Crippen molar-refractivity contribution >= 4 is 5.91 Å². The zero-order valence-corrected chi connectivity index (χ0v) is 13.4. The van der Waals surface area contributed by atoms with Gasteiger partial charge >= 0.3 is 0 Å². The molecule has 0 saturated heterocycles. The monoisotopic (exact) mass is 290 g/mol. The van der Waals surface area contributed by atoms with Gasteiger partial charge in [0.15, 0.2) is 0 Å². The highest BCUT2D eigenvalue weighted by Gasteiger charge is 2.27. The van der Waals surface area contributed by atoms with Crippen LogP contribution >= 0.6 is 0 Å². The van der Waals surface area contributed by atoms with E-state index in [-0.39, 0.29) is 23.9 Å². The minimum absolute atomic E-state index is 0.0152. The number of benzene rings is 1. The van der Waals surface area contributed by atoms with E-state index in [1.807, 2.05) is 20.8 Å². The van der Waals surface area contributed by atoms with Crippen molar-refractivity contribution in [2.45, 2.75) is 52.6 Å². The summed E-state index contributed by atoms with van der Waals surface area (Å²) in [5, 5.41) is 3.13. The van der Waals surface area contributed by atoms with Crippen molar-refractivity contribution in [3.8, 4) is 5.75 Å². The van der Waals surface area contributed by atoms with Crippen molar-refractivity contribution in [2.24, 2.45) is 11.7 Å². The van der Waals surface area contributed by atoms with Crippen molar-refractivity contribution in [1.29, 1.82) is 0 Å². The molecule has 0 fully saturated rings. The van der Waals surface area contributed by atoms with Gasteiger partial charge in [0, 0.05) is 29.5 Å². The van der Waals surface area contributed by atoms with E-state index in [2.05, 4.69) is 24.4 Å². The quantitative estimate of drug-likeness (QED) is 0.896. The molecule has 116 valence electrons. The number of fused-ring (bicyclic) bond motifs is 1. The molecular weight excluding hydrogens is 264 g/mol. The van der Waals surface area contributed by atoms with Crippen LogP contribution in [0.2, 0.25) is 0 Å². The van der Waals surface area contributed by atoms with Gasteiger partial charge in [-0.2, -0.15) is 0 Å². The molecule has 0 radical (unpaired) electrons. The zero-order valence-electron chi connectivity index (χ0n) is 13.4. The summed E-state index contributed by atoms with van der Waals surface area (Å²) in [5.41, 5.74) is 9.43. The number of nitrogens with two attached hydrogens (primary N) is 1. The molecule has 0 saturated carbocycles. The maximum Gasteiger partial charge on any atom is 0.223 e. The second kappa shape index (κ2) is 6.48. The van der Waals surface area contributed by atoms with Gasteiger partial charge < -0.3 is 15.8 Å². The molecule has 2 rings (SSSR count). The molecule has 1 amide bonds. The molecule has 4 heteroatoms. The number of amides is 1. The highest BCUT2D eigenvalue weighted by atomic mass is 16.5. The molecule has 4 nitrogen and oxygen atoms in total. The Bertz CT molecular complexity index is 524. The molecule has 2 atom stereocenters. The van der Waals surface area contributed by atoms with Crippen molar-refractivity contribution in [1.82, 2.24) is 5.32 Å². The van der Waals surface area contributed by atoms with Crippen LogP contribution in [0.4, 0.5) is 0 Å². The number of ether oxygens (including phenoxy) is 1. The topological polar surface area (TPSA) is 64.3 Å². The van der Waals surface area contributed by atoms with Crippen molar-refractivity contribution < 1.29 is 9.53 Å². The number of rotatable bonds is 4. The summed E-state index contributed by atoms with van der Waals surface area (Å²) in [6, 6.07) is 4.21. The molecule has 1 aromatic rings. The fraction of sp³-hybridized carbons (Fsp3) is 0.588. The van der Waals surface area contributed by atoms with Gasteiger partial charge in [0.1, 0.15) is 5.75 Å². The lowest BCUT2D eigenvalue weighted by Gasteiger charge is -2.30. The summed E-state index contributed by atoms with van der Waals surface area (Å²) in [6.45, 7) is 8.52. The van der Waals surface area contributed by atoms with Crippen molar-refractivity contribution in [3.05, 3.63) is 28.8 Å². The highest BCUT2D eigenvalue weighted by molar-refractivity contribution is 5.78. The average molecular weight is 290 g/mol. The lowest BCUT2D eigenvalue weighted by atomic mass is 9.91. The van der Waals surface area contributed by atoms with Crippen LogP contribution in [0.25, 0.3) is 0 Å². The maximum atomic E-state index is 12.0. The molecule has 1 aliphatic rings. The first-order chi connectivity index (χ1) is 9.93. The molecule has 1 heterocycles. The normalized spacial score (nSPS) is 18.9. The van der Waals surface area contributed by atoms with Crippen LogP contribution in [0, 0.1) is 5.92 Å². The van der Waals surface area contributed by atoms with E-state index in [0.717, 1.165) is 29.7 Å². The van der Waals surface area contributed by atoms with Crippen LogP contribution in [-0.4, -0.2) is 12.5 Å². The summed E-state index contributed by atoms with van der Waals surface area (Å²) in [6.07, 6.45) is 1.74. The zero-order chi connectivity index (χ0) is 15.6. The second-order valence-corrected chi connectivity index (χ2v) is 6.10. The average Bonchev–Trinajstić information content (AvgIpc) is 2.46. The molecule has 1 aromatic carbocycles. The van der Waals surface area contributed by atoms with Crippen LogP contribution in [-0.2, 0) is 11.2 Å². The van der Waals surface area contributed by atoms with Crippen LogP contribution in [0.1, 0.15) is 62.9 Å². The third-order valence-electron chi connectivity index (χ3n) is 3.97. The molecule has 21 heavy (non-hydrogen) atoms. The van der Waals surface area contributed by atoms with Gasteiger partial charge in [-0.3, -0.25) is 4.79 Å². The van der Waals surface area contributed by atoms with Gasteiger partial charge in [0.25, 0.3) is 0 Å². The molecule has 0 aromatic heterocycles. The Morgan fingerprint density at radius 1 is 1.43 bits per heavy atom. The molecule has 0 spiro atoms. The third-order valence-corrected chi connectivity index (χ3v) is 3.97. The van der Waals surface area contributed by atoms with Gasteiger partial charge in [-0.1, -0.05) is 32.9 Å². The first-order valence-electron chi connectivity index (χ1n) is 7.79. The Hall–Kier alpha value is -1.55. The van der Waals surface area contributed by atoms with Crippen LogP contribution in [0.15, 0.2) is 12.1 Å². The van der Waals surface area contributed by atoms with E-state index >= 15 is 0 Å². The fourth-order valence-corrected chi connectivity index (χ4v) is 2.63. The fourth-order valence-electron chi connectivity index (χ4n) is 2.63. The minimum Gasteiger partial charge on any atom is -0.493 e. The summed E-state index contributed by atoms with van der Waals surface area (Å²) < 4.78 is 5.86. The molecule has 0 aliphatic carbocycles. The van der Waals surface area contributed by atoms with Crippen LogP contribution < -0.4 is 15.8 Å². The van der Waals surface area contributed by atoms with E-state index < -0.39 is 0 Å². The van der Waals surface area contributed by atoms with E-state index in [9.17, 15) is 4.79 Å². The van der Waals surface area contributed by atoms with Crippen LogP contribution in [0.3, 0.4) is 0 Å². The standard InChI is InChI=1S/C17H26N2O2/c1-5-12-8-13(11(4)18)16-14(9-12)15(6-7-21-16)19-17(20)10(2)3/h8-11,15H,5-7,18H2,1-4H3,(H,19,20). The minimum atomic E-state index is -0.0789. The first kappa shape index (κ1) is 15.8. The summed E-state index contributed by atoms with van der Waals surface area (Å²) in [4.78, 5) is 12.0. The lowest BCUT2D eigenvalue weighted by Crippen LogP contribution is -2.35. The van der Waals surface area contributed by atoms with E-state index in [1.54, 1.807) is 0 Å². The van der Waals surface area contributed by atoms with E-state index in [1.165, 1.54) is 5.56 Å². The first-order valence-corrected chi connectivity index (χ1v) is 7.79. The van der Waals surface area contributed by atoms with Gasteiger partial charge in [-0.15, -0.1) is 0 Å². The highest BCUT2D eigenvalue weighted by Crippen LogP contribution is 2.38. The summed E-state index contributed by atoms with van der Waals surface area (Å²) in [5.74, 6) is 0.929. The number of hydrogen-bond donors (Lipinski definition) is 2. The molecule has 2 unspecified atom stereocenters. The van der Waals surface area contributed by atoms with Crippen molar-refractivity contribution in [3.63, 3.8) is 0 Å². The third kappa shape index (κ3) is 3.38. The smallest absolute Gasteiger partial charge is 0.223 e. The Morgan fingerprint density at radius 2 is 2.14 bits per heavy atom. The Labute approximate surface area is 127 Å². The van der Waals surface area contributed by atoms with E-state index in [4.69, 9.17) is 10.5 Å². The number of nitrogens with one attached hydrogen (secondary N) is 1. The molecular formula is C17H26N2O2. The van der Waals surface area contributed by atoms with Gasteiger partial charge in [0.2, 0.25) is 5.91 Å². The number of aryl methyl sites for hydroxylation is 1. The SMILES string of the molecule is CCc1cc(C(C)N)c2c(c1)C(NC(=O)C(C)C)CCO2. The maximum absolute atomic E-state index is 12.0. The Morgan fingerprint density at radius 3 is 2.71 bits per heavy atom.